The van der Waals surface area contributed by atoms with Gasteiger partial charge in [0.2, 0.25) is 0 Å². The summed E-state index contributed by atoms with van der Waals surface area (Å²) >= 11 is 5.90. The van der Waals surface area contributed by atoms with Crippen molar-refractivity contribution in [1.82, 2.24) is 14.5 Å². The van der Waals surface area contributed by atoms with Gasteiger partial charge in [-0.3, -0.25) is 0 Å². The summed E-state index contributed by atoms with van der Waals surface area (Å²) in [5.41, 5.74) is 8.63. The molecule has 0 aliphatic carbocycles. The highest BCUT2D eigenvalue weighted by Crippen LogP contribution is 2.17. The molecule has 0 aliphatic rings. The second-order valence-corrected chi connectivity index (χ2v) is 4.73. The molecule has 0 saturated heterocycles. The molecule has 1 aromatic carbocycles. The van der Waals surface area contributed by atoms with Crippen molar-refractivity contribution in [2.45, 2.75) is 13.1 Å². The van der Waals surface area contributed by atoms with Crippen LogP contribution >= 0.6 is 11.6 Å². The Bertz CT molecular complexity index is 703. The lowest BCUT2D eigenvalue weighted by molar-refractivity contribution is 0.737. The van der Waals surface area contributed by atoms with Crippen molar-refractivity contribution in [3.05, 3.63) is 59.0 Å². The van der Waals surface area contributed by atoms with Crippen LogP contribution in [0.1, 0.15) is 11.4 Å². The van der Waals surface area contributed by atoms with Gasteiger partial charge in [0, 0.05) is 11.2 Å². The molecule has 0 saturated carbocycles. The van der Waals surface area contributed by atoms with Gasteiger partial charge in [0.15, 0.2) is 5.65 Å². The molecule has 0 amide bonds. The first-order chi connectivity index (χ1) is 9.28. The topological polar surface area (TPSA) is 56.7 Å². The van der Waals surface area contributed by atoms with E-state index >= 15 is 0 Å². The average Bonchev–Trinajstić information content (AvgIpc) is 2.79. The quantitative estimate of drug-likeness (QED) is 0.797. The number of halogens is 1. The van der Waals surface area contributed by atoms with Crippen molar-refractivity contribution >= 4 is 22.8 Å². The second-order valence-electron chi connectivity index (χ2n) is 4.29. The van der Waals surface area contributed by atoms with Crippen molar-refractivity contribution in [2.75, 3.05) is 0 Å². The molecule has 19 heavy (non-hydrogen) atoms. The maximum absolute atomic E-state index is 5.90. The van der Waals surface area contributed by atoms with Crippen molar-refractivity contribution in [3.63, 3.8) is 0 Å². The Balaban J connectivity index is 2.06. The summed E-state index contributed by atoms with van der Waals surface area (Å²) in [7, 11) is 0. The van der Waals surface area contributed by atoms with Crippen molar-refractivity contribution in [2.24, 2.45) is 5.73 Å². The van der Waals surface area contributed by atoms with E-state index in [1.807, 2.05) is 41.0 Å². The highest BCUT2D eigenvalue weighted by atomic mass is 35.5. The maximum Gasteiger partial charge on any atom is 0.160 e. The SMILES string of the molecule is NCc1nc2cccnc2n1Cc1ccc(Cl)cc1. The van der Waals surface area contributed by atoms with Crippen molar-refractivity contribution in [1.29, 1.82) is 0 Å². The summed E-state index contributed by atoms with van der Waals surface area (Å²) in [4.78, 5) is 8.88. The molecular formula is C14H13ClN4. The lowest BCUT2D eigenvalue weighted by Crippen LogP contribution is -2.09. The standard InChI is InChI=1S/C14H13ClN4/c15-11-5-3-10(4-6-11)9-19-13(8-16)18-12-2-1-7-17-14(12)19/h1-7H,8-9,16H2. The number of benzene rings is 1. The minimum Gasteiger partial charge on any atom is -0.324 e. The molecule has 0 bridgehead atoms. The zero-order valence-corrected chi connectivity index (χ0v) is 11.0. The predicted molar refractivity (Wildman–Crippen MR) is 76.0 cm³/mol. The number of pyridine rings is 1. The Morgan fingerprint density at radius 1 is 1.16 bits per heavy atom. The average molecular weight is 273 g/mol. The van der Waals surface area contributed by atoms with Gasteiger partial charge in [-0.25, -0.2) is 9.97 Å². The van der Waals surface area contributed by atoms with Gasteiger partial charge in [-0.2, -0.15) is 0 Å². The number of hydrogen-bond donors (Lipinski definition) is 1. The first-order valence-corrected chi connectivity index (χ1v) is 6.40. The molecule has 2 N–H and O–H groups in total. The van der Waals surface area contributed by atoms with Crippen LogP contribution in [0.2, 0.25) is 5.02 Å². The van der Waals surface area contributed by atoms with E-state index in [1.165, 1.54) is 0 Å². The molecule has 0 spiro atoms. The van der Waals surface area contributed by atoms with Crippen LogP contribution in [0.15, 0.2) is 42.6 Å². The monoisotopic (exact) mass is 272 g/mol. The Kier molecular flexibility index (Phi) is 3.19. The van der Waals surface area contributed by atoms with E-state index in [0.29, 0.717) is 13.1 Å². The summed E-state index contributed by atoms with van der Waals surface area (Å²) < 4.78 is 2.04. The van der Waals surface area contributed by atoms with E-state index in [9.17, 15) is 0 Å². The first-order valence-electron chi connectivity index (χ1n) is 6.02. The van der Waals surface area contributed by atoms with Gasteiger partial charge in [0.25, 0.3) is 0 Å². The fourth-order valence-corrected chi connectivity index (χ4v) is 2.23. The van der Waals surface area contributed by atoms with Gasteiger partial charge in [0.1, 0.15) is 11.3 Å². The summed E-state index contributed by atoms with van der Waals surface area (Å²) in [5, 5.41) is 0.733. The van der Waals surface area contributed by atoms with Crippen LogP contribution in [0, 0.1) is 0 Å². The van der Waals surface area contributed by atoms with Crippen LogP contribution in [0.25, 0.3) is 11.2 Å². The van der Waals surface area contributed by atoms with Crippen LogP contribution in [0.4, 0.5) is 0 Å². The van der Waals surface area contributed by atoms with E-state index in [2.05, 4.69) is 9.97 Å². The number of nitrogens with zero attached hydrogens (tertiary/aromatic N) is 3. The van der Waals surface area contributed by atoms with Crippen LogP contribution in [-0.4, -0.2) is 14.5 Å². The van der Waals surface area contributed by atoms with Gasteiger partial charge in [-0.15, -0.1) is 0 Å². The van der Waals surface area contributed by atoms with Crippen molar-refractivity contribution < 1.29 is 0 Å². The minimum absolute atomic E-state index is 0.393. The molecule has 0 aliphatic heterocycles. The molecule has 5 heteroatoms. The third kappa shape index (κ3) is 2.32. The maximum atomic E-state index is 5.90. The molecule has 2 aromatic heterocycles. The molecule has 3 rings (SSSR count). The molecule has 0 unspecified atom stereocenters. The molecule has 4 nitrogen and oxygen atoms in total. The highest BCUT2D eigenvalue weighted by Gasteiger charge is 2.10. The van der Waals surface area contributed by atoms with E-state index in [0.717, 1.165) is 27.6 Å². The number of nitrogens with two attached hydrogens (primary N) is 1. The number of rotatable bonds is 3. The van der Waals surface area contributed by atoms with Gasteiger partial charge >= 0.3 is 0 Å². The third-order valence-corrected chi connectivity index (χ3v) is 3.27. The number of hydrogen-bond acceptors (Lipinski definition) is 3. The Morgan fingerprint density at radius 2 is 1.95 bits per heavy atom. The number of fused-ring (bicyclic) bond motifs is 1. The fourth-order valence-electron chi connectivity index (χ4n) is 2.10. The Morgan fingerprint density at radius 3 is 2.68 bits per heavy atom. The Labute approximate surface area is 115 Å². The normalized spacial score (nSPS) is 11.1. The van der Waals surface area contributed by atoms with Crippen LogP contribution in [-0.2, 0) is 13.1 Å². The fraction of sp³-hybridized carbons (Fsp3) is 0.143. The Hall–Kier alpha value is -1.91. The zero-order chi connectivity index (χ0) is 13.2. The lowest BCUT2D eigenvalue weighted by atomic mass is 10.2. The molecular weight excluding hydrogens is 260 g/mol. The number of imidazole rings is 1. The minimum atomic E-state index is 0.393. The predicted octanol–water partition coefficient (Wildman–Crippen LogP) is 2.59. The molecule has 96 valence electrons. The molecule has 2 heterocycles. The largest absolute Gasteiger partial charge is 0.324 e. The third-order valence-electron chi connectivity index (χ3n) is 3.02. The molecule has 0 radical (unpaired) electrons. The number of aromatic nitrogens is 3. The highest BCUT2D eigenvalue weighted by molar-refractivity contribution is 6.30. The summed E-state index contributed by atoms with van der Waals surface area (Å²) in [6.07, 6.45) is 1.77. The molecule has 0 fully saturated rings. The smallest absolute Gasteiger partial charge is 0.160 e. The molecule has 3 aromatic rings. The second kappa shape index (κ2) is 4.99. The summed E-state index contributed by atoms with van der Waals surface area (Å²) in [5.74, 6) is 0.837. The van der Waals surface area contributed by atoms with Gasteiger partial charge in [-0.1, -0.05) is 23.7 Å². The van der Waals surface area contributed by atoms with Gasteiger partial charge in [0.05, 0.1) is 13.1 Å². The van der Waals surface area contributed by atoms with Crippen LogP contribution < -0.4 is 5.73 Å². The van der Waals surface area contributed by atoms with Crippen molar-refractivity contribution in [3.8, 4) is 0 Å². The summed E-state index contributed by atoms with van der Waals surface area (Å²) in [6, 6.07) is 11.6. The van der Waals surface area contributed by atoms with E-state index in [-0.39, 0.29) is 0 Å². The van der Waals surface area contributed by atoms with E-state index in [1.54, 1.807) is 6.20 Å². The summed E-state index contributed by atoms with van der Waals surface area (Å²) in [6.45, 7) is 1.08. The molecule has 0 atom stereocenters. The van der Waals surface area contributed by atoms with Crippen LogP contribution in [0.5, 0.6) is 0 Å². The van der Waals surface area contributed by atoms with Gasteiger partial charge in [-0.05, 0) is 29.8 Å². The van der Waals surface area contributed by atoms with Gasteiger partial charge < -0.3 is 10.3 Å². The first kappa shape index (κ1) is 12.1. The lowest BCUT2D eigenvalue weighted by Gasteiger charge is -2.07. The van der Waals surface area contributed by atoms with E-state index in [4.69, 9.17) is 17.3 Å². The zero-order valence-electron chi connectivity index (χ0n) is 10.3. The van der Waals surface area contributed by atoms with E-state index < -0.39 is 0 Å². The van der Waals surface area contributed by atoms with Crippen LogP contribution in [0.3, 0.4) is 0 Å².